The third-order valence-corrected chi connectivity index (χ3v) is 15.3. The monoisotopic (exact) mass is 1070 g/mol. The highest BCUT2D eigenvalue weighted by molar-refractivity contribution is 7.13. The Bertz CT molecular complexity index is 2420. The van der Waals surface area contributed by atoms with Gasteiger partial charge in [0.05, 0.1) is 82.9 Å². The van der Waals surface area contributed by atoms with Crippen LogP contribution in [0.25, 0.3) is 20.9 Å². The Morgan fingerprint density at radius 3 is 1.25 bits per heavy atom. The fourth-order valence-corrected chi connectivity index (χ4v) is 10.7. The number of nitrogens with zero attached hydrogens (tertiary/aromatic N) is 4. The molecule has 0 saturated carbocycles. The van der Waals surface area contributed by atoms with Crippen LogP contribution in [0.2, 0.25) is 0 Å². The van der Waals surface area contributed by atoms with E-state index in [2.05, 4.69) is 31.2 Å². The Labute approximate surface area is 447 Å². The highest BCUT2D eigenvalue weighted by atomic mass is 32.1. The van der Waals surface area contributed by atoms with Crippen LogP contribution < -0.4 is 21.3 Å². The molecule has 0 bridgehead atoms. The van der Waals surface area contributed by atoms with E-state index < -0.39 is 82.6 Å². The van der Waals surface area contributed by atoms with Gasteiger partial charge in [0.15, 0.2) is 0 Å². The lowest BCUT2D eigenvalue weighted by Gasteiger charge is -2.35. The van der Waals surface area contributed by atoms with E-state index in [4.69, 9.17) is 14.2 Å². The Hall–Kier alpha value is -5.68. The average Bonchev–Trinajstić information content (AvgIpc) is 4.18. The van der Waals surface area contributed by atoms with Crippen molar-refractivity contribution in [2.24, 2.45) is 10.8 Å². The number of β-amino-alcohol motifs (C(OH)–C–C–N with tert-alkyl or cyclic N) is 2. The van der Waals surface area contributed by atoms with E-state index in [1.165, 1.54) is 9.80 Å². The number of likely N-dealkylation sites (tertiary alicyclic amines) is 2. The summed E-state index contributed by atoms with van der Waals surface area (Å²) >= 11 is 3.11. The van der Waals surface area contributed by atoms with Gasteiger partial charge in [-0.15, -0.1) is 22.7 Å². The summed E-state index contributed by atoms with van der Waals surface area (Å²) in [5.74, 6) is -2.90. The molecule has 2 aliphatic heterocycles. The number of hydrogen-bond acceptors (Lipinski definition) is 15. The molecule has 2 aromatic heterocycles. The topological polar surface area (TPSA) is 251 Å². The number of aliphatic hydroxyl groups is 2. The van der Waals surface area contributed by atoms with Gasteiger partial charge in [0.25, 0.3) is 0 Å². The van der Waals surface area contributed by atoms with E-state index in [1.54, 1.807) is 75.2 Å². The minimum atomic E-state index is -1.03. The molecule has 2 aliphatic rings. The number of benzene rings is 2. The minimum absolute atomic E-state index is 0.0355. The first-order valence-electron chi connectivity index (χ1n) is 25.3. The third kappa shape index (κ3) is 15.7. The molecule has 8 atom stereocenters. The standard InChI is InChI=1S/C54H74N8O11S2/c1-31(35-11-15-37(16-12-35)45-33(3)55-29-74-45)57-49(67)41-23-39(63)25-61(41)51(69)47(53(5,6)7)59-43(65)27-72-21-19-71-20-22-73-28-44(66)60-48(54(8,9)10)52(70)62-26-40(64)24-42(62)50(68)58-32(2)36-13-17-38(18-14-36)46-34(4)56-30-75-46/h11-18,29-32,39-42,47-48,63-64H,19-28H2,1-10H3,(H,57,67)(H,58,68)(H,59,65)(H,60,66)/t31-,32-,39-,40-,41-,42-,47+,48+/m0/s1. The van der Waals surface area contributed by atoms with E-state index in [-0.39, 0.29) is 77.7 Å². The lowest BCUT2D eigenvalue weighted by Crippen LogP contribution is -2.58. The van der Waals surface area contributed by atoms with Gasteiger partial charge in [0.2, 0.25) is 35.4 Å². The van der Waals surface area contributed by atoms with E-state index in [0.717, 1.165) is 43.4 Å². The molecule has 0 radical (unpaired) electrons. The molecule has 6 amide bonds. The molecule has 19 nitrogen and oxygen atoms in total. The first kappa shape index (κ1) is 58.6. The molecule has 6 rings (SSSR count). The second kappa shape index (κ2) is 25.9. The summed E-state index contributed by atoms with van der Waals surface area (Å²) in [6.07, 6.45) is -1.73. The van der Waals surface area contributed by atoms with Crippen molar-refractivity contribution in [3.05, 3.63) is 82.1 Å². The Morgan fingerprint density at radius 1 is 0.587 bits per heavy atom. The van der Waals surface area contributed by atoms with Gasteiger partial charge in [-0.2, -0.15) is 0 Å². The molecular weight excluding hydrogens is 1000 g/mol. The zero-order valence-corrected chi connectivity index (χ0v) is 46.3. The number of aryl methyl sites for hydroxylation is 2. The molecule has 21 heteroatoms. The molecule has 4 aromatic rings. The van der Waals surface area contributed by atoms with Crippen molar-refractivity contribution < 1.29 is 53.2 Å². The van der Waals surface area contributed by atoms with Crippen LogP contribution >= 0.6 is 22.7 Å². The molecule has 6 N–H and O–H groups in total. The molecule has 75 heavy (non-hydrogen) atoms. The summed E-state index contributed by atoms with van der Waals surface area (Å²) in [5.41, 5.74) is 7.78. The van der Waals surface area contributed by atoms with Crippen molar-refractivity contribution in [3.8, 4) is 20.9 Å². The second-order valence-corrected chi connectivity index (χ2v) is 23.2. The number of nitrogens with one attached hydrogen (secondary N) is 4. The normalized spacial score (nSPS) is 19.5. The van der Waals surface area contributed by atoms with Crippen LogP contribution in [0.5, 0.6) is 0 Å². The van der Waals surface area contributed by atoms with E-state index >= 15 is 0 Å². The van der Waals surface area contributed by atoms with Gasteiger partial charge in [-0.3, -0.25) is 28.8 Å². The van der Waals surface area contributed by atoms with Gasteiger partial charge in [0.1, 0.15) is 37.4 Å². The summed E-state index contributed by atoms with van der Waals surface area (Å²) in [6, 6.07) is 11.0. The average molecular weight is 1080 g/mol. The minimum Gasteiger partial charge on any atom is -0.391 e. The molecule has 0 unspecified atom stereocenters. The smallest absolute Gasteiger partial charge is 0.246 e. The summed E-state index contributed by atoms with van der Waals surface area (Å²) in [7, 11) is 0. The maximum Gasteiger partial charge on any atom is 0.246 e. The molecule has 2 aromatic carbocycles. The quantitative estimate of drug-likeness (QED) is 0.0588. The molecule has 2 fully saturated rings. The highest BCUT2D eigenvalue weighted by Crippen LogP contribution is 2.32. The number of aromatic nitrogens is 2. The van der Waals surface area contributed by atoms with Crippen LogP contribution in [-0.4, -0.2) is 155 Å². The summed E-state index contributed by atoms with van der Waals surface area (Å²) in [4.78, 5) is 95.2. The fourth-order valence-electron chi connectivity index (χ4n) is 9.10. The van der Waals surface area contributed by atoms with Gasteiger partial charge in [-0.1, -0.05) is 90.1 Å². The van der Waals surface area contributed by atoms with Crippen molar-refractivity contribution >= 4 is 58.1 Å². The SMILES string of the molecule is Cc1ncsc1-c1ccc([C@H](C)NC(=O)[C@@H]2C[C@H](O)CN2C(=O)[C@@H](NC(=O)COCCOCCOCC(=O)N[C@H](C(=O)N2C[C@@H](O)C[C@H]2C(=O)N[C@@H](C)c2ccc(-c3scnc3C)cc2)C(C)(C)C)C(C)(C)C)cc1. The van der Waals surface area contributed by atoms with Crippen molar-refractivity contribution in [2.45, 2.75) is 131 Å². The number of carbonyl (C=O) groups is 6. The molecule has 408 valence electrons. The van der Waals surface area contributed by atoms with Gasteiger partial charge in [-0.05, 0) is 60.8 Å². The van der Waals surface area contributed by atoms with Crippen molar-refractivity contribution in [3.63, 3.8) is 0 Å². The van der Waals surface area contributed by atoms with Crippen LogP contribution in [0, 0.1) is 24.7 Å². The zero-order chi connectivity index (χ0) is 54.8. The lowest BCUT2D eigenvalue weighted by atomic mass is 9.85. The van der Waals surface area contributed by atoms with Gasteiger partial charge >= 0.3 is 0 Å². The van der Waals surface area contributed by atoms with E-state index in [9.17, 15) is 39.0 Å². The summed E-state index contributed by atoms with van der Waals surface area (Å²) in [6.45, 7) is 17.8. The number of rotatable bonds is 22. The second-order valence-electron chi connectivity index (χ2n) is 21.5. The van der Waals surface area contributed by atoms with Crippen molar-refractivity contribution in [2.75, 3.05) is 52.7 Å². The Kier molecular flexibility index (Phi) is 20.2. The molecular formula is C54H74N8O11S2. The third-order valence-electron chi connectivity index (χ3n) is 13.3. The largest absolute Gasteiger partial charge is 0.391 e. The van der Waals surface area contributed by atoms with Gasteiger partial charge < -0.3 is 55.5 Å². The number of thiazole rings is 2. The van der Waals surface area contributed by atoms with Crippen LogP contribution in [-0.2, 0) is 43.0 Å². The molecule has 4 heterocycles. The number of amides is 6. The number of ether oxygens (including phenoxy) is 3. The molecule has 0 aliphatic carbocycles. The van der Waals surface area contributed by atoms with Crippen LogP contribution in [0.3, 0.4) is 0 Å². The van der Waals surface area contributed by atoms with Gasteiger partial charge in [0, 0.05) is 25.9 Å². The number of hydrogen-bond donors (Lipinski definition) is 6. The molecule has 0 spiro atoms. The van der Waals surface area contributed by atoms with E-state index in [0.29, 0.717) is 0 Å². The zero-order valence-electron chi connectivity index (χ0n) is 44.6. The number of aliphatic hydroxyl groups excluding tert-OH is 2. The predicted molar refractivity (Wildman–Crippen MR) is 285 cm³/mol. The Balaban J connectivity index is 0.891. The maximum atomic E-state index is 14.1. The first-order valence-corrected chi connectivity index (χ1v) is 27.1. The maximum absolute atomic E-state index is 14.1. The Morgan fingerprint density at radius 2 is 0.933 bits per heavy atom. The van der Waals surface area contributed by atoms with Crippen LogP contribution in [0.1, 0.15) is 103 Å². The highest BCUT2D eigenvalue weighted by Gasteiger charge is 2.46. The van der Waals surface area contributed by atoms with Crippen LogP contribution in [0.4, 0.5) is 0 Å². The fraction of sp³-hybridized carbons (Fsp3) is 0.556. The van der Waals surface area contributed by atoms with Gasteiger partial charge in [-0.25, -0.2) is 9.97 Å². The van der Waals surface area contributed by atoms with Crippen LogP contribution in [0.15, 0.2) is 59.6 Å². The van der Waals surface area contributed by atoms with Crippen molar-refractivity contribution in [1.82, 2.24) is 41.0 Å². The summed E-state index contributed by atoms with van der Waals surface area (Å²) < 4.78 is 16.6. The first-order chi connectivity index (χ1) is 35.4. The predicted octanol–water partition coefficient (Wildman–Crippen LogP) is 4.64. The van der Waals surface area contributed by atoms with E-state index in [1.807, 2.05) is 76.2 Å². The number of carbonyl (C=O) groups excluding carboxylic acids is 6. The lowest BCUT2D eigenvalue weighted by molar-refractivity contribution is -0.145. The molecule has 2 saturated heterocycles. The summed E-state index contributed by atoms with van der Waals surface area (Å²) in [5, 5.41) is 32.8. The van der Waals surface area contributed by atoms with Crippen molar-refractivity contribution in [1.29, 1.82) is 0 Å².